The average molecular weight is 275 g/mol. The molecule has 1 aromatic rings. The summed E-state index contributed by atoms with van der Waals surface area (Å²) >= 11 is 0.910. The van der Waals surface area contributed by atoms with Gasteiger partial charge in [-0.15, -0.1) is 5.10 Å². The van der Waals surface area contributed by atoms with Gasteiger partial charge in [-0.1, -0.05) is 11.8 Å². The van der Waals surface area contributed by atoms with Crippen molar-refractivity contribution in [2.75, 3.05) is 12.4 Å². The highest BCUT2D eigenvalue weighted by Crippen LogP contribution is 2.12. The van der Waals surface area contributed by atoms with Crippen molar-refractivity contribution in [2.45, 2.75) is 25.0 Å². The van der Waals surface area contributed by atoms with Gasteiger partial charge in [-0.05, 0) is 6.92 Å². The van der Waals surface area contributed by atoms with E-state index in [1.807, 2.05) is 0 Å². The number of aromatic nitrogens is 3. The molecule has 100 valence electrons. The van der Waals surface area contributed by atoms with E-state index in [4.69, 9.17) is 9.84 Å². The summed E-state index contributed by atoms with van der Waals surface area (Å²) in [6.07, 6.45) is 0.0356. The van der Waals surface area contributed by atoms with Crippen LogP contribution in [-0.2, 0) is 20.9 Å². The second-order valence-electron chi connectivity index (χ2n) is 3.20. The second kappa shape index (κ2) is 6.84. The van der Waals surface area contributed by atoms with Gasteiger partial charge in [0.25, 0.3) is 0 Å². The molecule has 0 spiro atoms. The number of hydrogen-bond acceptors (Lipinski definition) is 6. The first kappa shape index (κ1) is 14.3. The topological polar surface area (TPSA) is 114 Å². The third-order valence-electron chi connectivity index (χ3n) is 1.89. The van der Waals surface area contributed by atoms with E-state index in [2.05, 4.69) is 10.2 Å². The highest BCUT2D eigenvalue weighted by atomic mass is 32.2. The molecule has 0 aliphatic heterocycles. The van der Waals surface area contributed by atoms with Gasteiger partial charge in [0.05, 0.1) is 18.8 Å². The first-order chi connectivity index (χ1) is 8.54. The van der Waals surface area contributed by atoms with E-state index in [9.17, 15) is 14.4 Å². The molecule has 0 radical (unpaired) electrons. The van der Waals surface area contributed by atoms with Crippen LogP contribution in [0.5, 0.6) is 0 Å². The van der Waals surface area contributed by atoms with E-state index in [-0.39, 0.29) is 30.5 Å². The van der Waals surface area contributed by atoms with Crippen LogP contribution >= 0.6 is 11.8 Å². The Morgan fingerprint density at radius 2 is 2.28 bits per heavy atom. The van der Waals surface area contributed by atoms with Crippen LogP contribution in [-0.4, -0.2) is 44.2 Å². The smallest absolute Gasteiger partial charge is 0.343 e. The molecule has 0 aliphatic carbocycles. The van der Waals surface area contributed by atoms with Gasteiger partial charge in [0.1, 0.15) is 0 Å². The lowest BCUT2D eigenvalue weighted by Crippen LogP contribution is -2.20. The molecule has 0 fully saturated rings. The molecule has 0 aromatic carbocycles. The van der Waals surface area contributed by atoms with E-state index >= 15 is 0 Å². The van der Waals surface area contributed by atoms with Crippen LogP contribution in [0, 0.1) is 0 Å². The highest BCUT2D eigenvalue weighted by Gasteiger charge is 2.12. The molecule has 0 unspecified atom stereocenters. The largest absolute Gasteiger partial charge is 0.481 e. The fraction of sp³-hybridized carbons (Fsp3) is 0.556. The molecular weight excluding hydrogens is 262 g/mol. The minimum absolute atomic E-state index is 0.0356. The Morgan fingerprint density at radius 3 is 2.89 bits per heavy atom. The zero-order valence-corrected chi connectivity index (χ0v) is 10.5. The Bertz CT molecular complexity index is 481. The number of H-pyrrole nitrogens is 1. The van der Waals surface area contributed by atoms with Crippen molar-refractivity contribution >= 4 is 23.7 Å². The SMILES string of the molecule is CCOC(=O)CCn1c(SCC(=O)O)n[nH]c1=O. The maximum Gasteiger partial charge on any atom is 0.343 e. The Labute approximate surface area is 106 Å². The number of thioether (sulfide) groups is 1. The maximum atomic E-state index is 11.4. The molecule has 18 heavy (non-hydrogen) atoms. The molecule has 0 saturated carbocycles. The molecule has 1 aromatic heterocycles. The average Bonchev–Trinajstić information content (AvgIpc) is 2.65. The first-order valence-corrected chi connectivity index (χ1v) is 6.18. The molecule has 8 nitrogen and oxygen atoms in total. The maximum absolute atomic E-state index is 11.4. The highest BCUT2D eigenvalue weighted by molar-refractivity contribution is 7.99. The molecule has 0 atom stereocenters. The van der Waals surface area contributed by atoms with Crippen LogP contribution in [0.1, 0.15) is 13.3 Å². The molecule has 0 amide bonds. The van der Waals surface area contributed by atoms with Crippen molar-refractivity contribution in [3.8, 4) is 0 Å². The lowest BCUT2D eigenvalue weighted by Gasteiger charge is -2.04. The van der Waals surface area contributed by atoms with E-state index in [0.717, 1.165) is 11.8 Å². The Morgan fingerprint density at radius 1 is 1.56 bits per heavy atom. The molecule has 1 rings (SSSR count). The van der Waals surface area contributed by atoms with E-state index in [0.29, 0.717) is 0 Å². The third-order valence-corrected chi connectivity index (χ3v) is 2.85. The summed E-state index contributed by atoms with van der Waals surface area (Å²) < 4.78 is 5.95. The Hall–Kier alpha value is -1.77. The Balaban J connectivity index is 2.63. The van der Waals surface area contributed by atoms with Crippen LogP contribution in [0.4, 0.5) is 0 Å². The van der Waals surface area contributed by atoms with Gasteiger partial charge in [-0.25, -0.2) is 9.89 Å². The van der Waals surface area contributed by atoms with Crippen molar-refractivity contribution in [2.24, 2.45) is 0 Å². The van der Waals surface area contributed by atoms with Crippen LogP contribution in [0.3, 0.4) is 0 Å². The Kier molecular flexibility index (Phi) is 5.43. The van der Waals surface area contributed by atoms with Crippen molar-refractivity contribution < 1.29 is 19.4 Å². The molecule has 0 saturated heterocycles. The quantitative estimate of drug-likeness (QED) is 0.518. The summed E-state index contributed by atoms with van der Waals surface area (Å²) in [7, 11) is 0. The second-order valence-corrected chi connectivity index (χ2v) is 4.14. The third kappa shape index (κ3) is 4.24. The molecule has 1 heterocycles. The first-order valence-electron chi connectivity index (χ1n) is 5.20. The molecule has 9 heteroatoms. The van der Waals surface area contributed by atoms with Crippen molar-refractivity contribution in [3.63, 3.8) is 0 Å². The number of carboxylic acids is 1. The van der Waals surface area contributed by atoms with Gasteiger partial charge in [0.2, 0.25) is 0 Å². The lowest BCUT2D eigenvalue weighted by atomic mass is 10.4. The van der Waals surface area contributed by atoms with Crippen LogP contribution in [0.2, 0.25) is 0 Å². The standard InChI is InChI=1S/C9H13N3O5S/c1-2-17-7(15)3-4-12-8(16)10-11-9(12)18-5-6(13)14/h2-5H2,1H3,(H,10,16)(H,13,14). The van der Waals surface area contributed by atoms with Gasteiger partial charge in [0, 0.05) is 6.54 Å². The van der Waals surface area contributed by atoms with E-state index < -0.39 is 17.6 Å². The fourth-order valence-electron chi connectivity index (χ4n) is 1.17. The lowest BCUT2D eigenvalue weighted by molar-refractivity contribution is -0.143. The minimum atomic E-state index is -1.01. The summed E-state index contributed by atoms with van der Waals surface area (Å²) in [5.74, 6) is -1.63. The molecule has 0 aliphatic rings. The number of aliphatic carboxylic acids is 1. The van der Waals surface area contributed by atoms with Crippen LogP contribution in [0.25, 0.3) is 0 Å². The van der Waals surface area contributed by atoms with E-state index in [1.165, 1.54) is 4.57 Å². The summed E-state index contributed by atoms with van der Waals surface area (Å²) in [5.41, 5.74) is -0.479. The normalized spacial score (nSPS) is 10.3. The summed E-state index contributed by atoms with van der Waals surface area (Å²) in [6, 6.07) is 0. The van der Waals surface area contributed by atoms with Gasteiger partial charge < -0.3 is 9.84 Å². The summed E-state index contributed by atoms with van der Waals surface area (Å²) in [6.45, 7) is 2.08. The number of aromatic amines is 1. The fourth-order valence-corrected chi connectivity index (χ4v) is 1.87. The number of rotatable bonds is 7. The van der Waals surface area contributed by atoms with Crippen molar-refractivity contribution in [1.82, 2.24) is 14.8 Å². The number of hydrogen-bond donors (Lipinski definition) is 2. The predicted octanol–water partition coefficient (Wildman–Crippen LogP) is -0.299. The van der Waals surface area contributed by atoms with Crippen molar-refractivity contribution in [3.05, 3.63) is 10.5 Å². The number of carbonyl (C=O) groups excluding carboxylic acids is 1. The number of esters is 1. The monoisotopic (exact) mass is 275 g/mol. The predicted molar refractivity (Wildman–Crippen MR) is 62.5 cm³/mol. The van der Waals surface area contributed by atoms with Crippen LogP contribution < -0.4 is 5.69 Å². The summed E-state index contributed by atoms with van der Waals surface area (Å²) in [4.78, 5) is 33.0. The number of nitrogens with one attached hydrogen (secondary N) is 1. The van der Waals surface area contributed by atoms with Gasteiger partial charge >= 0.3 is 17.6 Å². The number of carbonyl (C=O) groups is 2. The number of ether oxygens (including phenoxy) is 1. The van der Waals surface area contributed by atoms with Crippen molar-refractivity contribution in [1.29, 1.82) is 0 Å². The van der Waals surface area contributed by atoms with E-state index in [1.54, 1.807) is 6.92 Å². The van der Waals surface area contributed by atoms with Gasteiger partial charge in [0.15, 0.2) is 5.16 Å². The number of nitrogens with zero attached hydrogens (tertiary/aromatic N) is 2. The van der Waals surface area contributed by atoms with Gasteiger partial charge in [-0.2, -0.15) is 0 Å². The molecule has 0 bridgehead atoms. The summed E-state index contributed by atoms with van der Waals surface area (Å²) in [5, 5.41) is 14.7. The zero-order chi connectivity index (χ0) is 13.5. The van der Waals surface area contributed by atoms with Crippen LogP contribution in [0.15, 0.2) is 9.95 Å². The van der Waals surface area contributed by atoms with Gasteiger partial charge in [-0.3, -0.25) is 14.2 Å². The minimum Gasteiger partial charge on any atom is -0.481 e. The zero-order valence-electron chi connectivity index (χ0n) is 9.71. The molecular formula is C9H13N3O5S. The molecule has 2 N–H and O–H groups in total. The number of carboxylic acid groups (broad SMARTS) is 1.